The number of rotatable bonds is 7. The number of aromatic nitrogens is 2. The predicted molar refractivity (Wildman–Crippen MR) is 175 cm³/mol. The number of fused-ring (bicyclic) bond motifs is 3. The van der Waals surface area contributed by atoms with Crippen LogP contribution in [-0.2, 0) is 17.8 Å². The molecule has 1 atom stereocenters. The Morgan fingerprint density at radius 1 is 1.09 bits per heavy atom. The van der Waals surface area contributed by atoms with Gasteiger partial charge in [-0.15, -0.1) is 0 Å². The third-order valence-electron chi connectivity index (χ3n) is 10.1. The number of carbonyl (C=O) groups is 1. The minimum Gasteiger partial charge on any atom is -0.461 e. The topological polar surface area (TPSA) is 88.8 Å². The summed E-state index contributed by atoms with van der Waals surface area (Å²) in [5.74, 6) is -0.971. The van der Waals surface area contributed by atoms with Crippen molar-refractivity contribution in [3.05, 3.63) is 64.5 Å². The van der Waals surface area contributed by atoms with Crippen LogP contribution in [0, 0.1) is 11.3 Å². The number of hydrogen-bond acceptors (Lipinski definition) is 8. The molecule has 45 heavy (non-hydrogen) atoms. The molecule has 4 aliphatic heterocycles. The molecule has 7 rings (SSSR count). The van der Waals surface area contributed by atoms with E-state index in [0.29, 0.717) is 32.3 Å². The number of piperazine rings is 1. The zero-order valence-corrected chi connectivity index (χ0v) is 26.9. The summed E-state index contributed by atoms with van der Waals surface area (Å²) in [5, 5.41) is 11.9. The van der Waals surface area contributed by atoms with Gasteiger partial charge >= 0.3 is 6.01 Å². The molecule has 9 nitrogen and oxygen atoms in total. The average Bonchev–Trinajstić information content (AvgIpc) is 3.63. The van der Waals surface area contributed by atoms with Gasteiger partial charge in [0.05, 0.1) is 36.3 Å². The van der Waals surface area contributed by atoms with E-state index in [0.717, 1.165) is 66.1 Å². The highest BCUT2D eigenvalue weighted by Crippen LogP contribution is 2.40. The molecule has 1 aromatic heterocycles. The molecule has 5 heterocycles. The Balaban J connectivity index is 1.23. The zero-order chi connectivity index (χ0) is 31.1. The lowest BCUT2D eigenvalue weighted by atomic mass is 9.95. The molecule has 11 heteroatoms. The standard InChI is InChI=1S/C34H37BrFN7O2/c1-23(36)32(44)43-19-18-41(20-25(43)10-14-37)31-26-11-17-40(29-9-3-7-24-6-2-8-27(35)30(24)29)21-28(26)38-33(39-31)45-22-34-12-4-15-42(34)16-5-13-34/h2-3,6-9,25H,1,4-5,10-13,15-22H2/t25-/m0/s1. The number of halogens is 2. The highest BCUT2D eigenvalue weighted by molar-refractivity contribution is 9.10. The van der Waals surface area contributed by atoms with Crippen LogP contribution in [0.5, 0.6) is 6.01 Å². The van der Waals surface area contributed by atoms with E-state index in [4.69, 9.17) is 14.7 Å². The van der Waals surface area contributed by atoms with Gasteiger partial charge in [-0.2, -0.15) is 15.2 Å². The highest BCUT2D eigenvalue weighted by Gasteiger charge is 2.45. The molecular formula is C34H37BrFN7O2. The van der Waals surface area contributed by atoms with Crippen molar-refractivity contribution in [1.82, 2.24) is 19.8 Å². The number of ether oxygens (including phenoxy) is 1. The number of amides is 1. The second kappa shape index (κ2) is 12.2. The van der Waals surface area contributed by atoms with Crippen molar-refractivity contribution >= 4 is 44.1 Å². The van der Waals surface area contributed by atoms with Crippen LogP contribution in [-0.4, -0.2) is 83.1 Å². The smallest absolute Gasteiger partial charge is 0.318 e. The third-order valence-corrected chi connectivity index (χ3v) is 10.7. The van der Waals surface area contributed by atoms with Gasteiger partial charge in [0.2, 0.25) is 0 Å². The Hall–Kier alpha value is -3.75. The molecule has 0 bridgehead atoms. The van der Waals surface area contributed by atoms with Crippen LogP contribution in [0.25, 0.3) is 10.8 Å². The first kappa shape index (κ1) is 29.9. The first-order chi connectivity index (χ1) is 21.9. The fourth-order valence-electron chi connectivity index (χ4n) is 7.87. The van der Waals surface area contributed by atoms with Gasteiger partial charge in [-0.05, 0) is 62.7 Å². The monoisotopic (exact) mass is 673 g/mol. The van der Waals surface area contributed by atoms with E-state index >= 15 is 0 Å². The Labute approximate surface area is 271 Å². The van der Waals surface area contributed by atoms with Crippen LogP contribution < -0.4 is 14.5 Å². The van der Waals surface area contributed by atoms with Crippen LogP contribution in [0.2, 0.25) is 0 Å². The number of anilines is 2. The van der Waals surface area contributed by atoms with Crippen molar-refractivity contribution in [2.45, 2.75) is 56.7 Å². The quantitative estimate of drug-likeness (QED) is 0.309. The molecule has 3 aromatic rings. The summed E-state index contributed by atoms with van der Waals surface area (Å²) >= 11 is 3.78. The number of nitrogens with zero attached hydrogens (tertiary/aromatic N) is 7. The predicted octanol–water partition coefficient (Wildman–Crippen LogP) is 5.38. The SMILES string of the molecule is C=C(F)C(=O)N1CCN(c2nc(OCC34CCCN3CCC4)nc3c2CCN(c2cccc4cccc(Br)c24)C3)C[C@@H]1CC#N. The lowest BCUT2D eigenvalue weighted by Crippen LogP contribution is -2.55. The van der Waals surface area contributed by atoms with E-state index in [1.807, 2.05) is 0 Å². The Kier molecular flexibility index (Phi) is 8.12. The highest BCUT2D eigenvalue weighted by atomic mass is 79.9. The molecule has 0 spiro atoms. The van der Waals surface area contributed by atoms with Crippen LogP contribution in [0.4, 0.5) is 15.9 Å². The van der Waals surface area contributed by atoms with E-state index in [1.165, 1.54) is 28.5 Å². The zero-order valence-electron chi connectivity index (χ0n) is 25.4. The molecule has 0 radical (unpaired) electrons. The second-order valence-electron chi connectivity index (χ2n) is 12.6. The summed E-state index contributed by atoms with van der Waals surface area (Å²) in [4.78, 5) is 31.1. The number of benzene rings is 2. The summed E-state index contributed by atoms with van der Waals surface area (Å²) in [6, 6.07) is 14.7. The van der Waals surface area contributed by atoms with Gasteiger partial charge in [-0.3, -0.25) is 9.69 Å². The lowest BCUT2D eigenvalue weighted by Gasteiger charge is -2.42. The van der Waals surface area contributed by atoms with Crippen molar-refractivity contribution in [3.8, 4) is 12.1 Å². The first-order valence-electron chi connectivity index (χ1n) is 15.8. The van der Waals surface area contributed by atoms with E-state index in [1.54, 1.807) is 0 Å². The van der Waals surface area contributed by atoms with Crippen molar-refractivity contribution in [1.29, 1.82) is 5.26 Å². The molecule has 0 N–H and O–H groups in total. The fraction of sp³-hybridized carbons (Fsp3) is 0.471. The average molecular weight is 675 g/mol. The van der Waals surface area contributed by atoms with Gasteiger partial charge in [-0.1, -0.05) is 46.8 Å². The number of carbonyl (C=O) groups excluding carboxylic acids is 1. The molecule has 3 fully saturated rings. The van der Waals surface area contributed by atoms with Gasteiger partial charge < -0.3 is 19.4 Å². The lowest BCUT2D eigenvalue weighted by molar-refractivity contribution is -0.131. The molecule has 0 aliphatic carbocycles. The molecule has 2 aromatic carbocycles. The van der Waals surface area contributed by atoms with E-state index in [-0.39, 0.29) is 18.5 Å². The van der Waals surface area contributed by atoms with E-state index in [9.17, 15) is 14.4 Å². The maximum Gasteiger partial charge on any atom is 0.318 e. The summed E-state index contributed by atoms with van der Waals surface area (Å²) in [6.07, 6.45) is 5.44. The molecule has 1 amide bonds. The normalized spacial score (nSPS) is 21.0. The van der Waals surface area contributed by atoms with Crippen LogP contribution in [0.15, 0.2) is 53.3 Å². The van der Waals surface area contributed by atoms with Gasteiger partial charge in [-0.25, -0.2) is 4.39 Å². The molecular weight excluding hydrogens is 637 g/mol. The van der Waals surface area contributed by atoms with Crippen LogP contribution in [0.3, 0.4) is 0 Å². The molecule has 0 unspecified atom stereocenters. The molecule has 4 aliphatic rings. The largest absolute Gasteiger partial charge is 0.461 e. The maximum absolute atomic E-state index is 13.9. The summed E-state index contributed by atoms with van der Waals surface area (Å²) in [6.45, 7) is 8.47. The van der Waals surface area contributed by atoms with Crippen molar-refractivity contribution in [2.75, 3.05) is 55.7 Å². The van der Waals surface area contributed by atoms with Crippen molar-refractivity contribution in [2.24, 2.45) is 0 Å². The van der Waals surface area contributed by atoms with Crippen molar-refractivity contribution in [3.63, 3.8) is 0 Å². The summed E-state index contributed by atoms with van der Waals surface area (Å²) in [5.41, 5.74) is 3.18. The maximum atomic E-state index is 13.9. The minimum absolute atomic E-state index is 0.0549. The molecule has 234 valence electrons. The number of hydrogen-bond donors (Lipinski definition) is 0. The van der Waals surface area contributed by atoms with Crippen LogP contribution >= 0.6 is 15.9 Å². The molecule has 3 saturated heterocycles. The Morgan fingerprint density at radius 3 is 2.62 bits per heavy atom. The Bertz CT molecular complexity index is 1680. The second-order valence-corrected chi connectivity index (χ2v) is 13.5. The Morgan fingerprint density at radius 2 is 1.87 bits per heavy atom. The fourth-order valence-corrected chi connectivity index (χ4v) is 8.46. The van der Waals surface area contributed by atoms with Crippen LogP contribution in [0.1, 0.15) is 43.4 Å². The van der Waals surface area contributed by atoms with E-state index in [2.05, 4.69) is 79.7 Å². The van der Waals surface area contributed by atoms with Gasteiger partial charge in [0, 0.05) is 47.3 Å². The first-order valence-corrected chi connectivity index (χ1v) is 16.6. The summed E-state index contributed by atoms with van der Waals surface area (Å²) in [7, 11) is 0. The third kappa shape index (κ3) is 5.52. The van der Waals surface area contributed by atoms with Gasteiger partial charge in [0.15, 0.2) is 5.83 Å². The minimum atomic E-state index is -1.01. The van der Waals surface area contributed by atoms with E-state index < -0.39 is 17.8 Å². The number of nitriles is 1. The van der Waals surface area contributed by atoms with Gasteiger partial charge in [0.25, 0.3) is 5.91 Å². The van der Waals surface area contributed by atoms with Crippen molar-refractivity contribution < 1.29 is 13.9 Å². The summed E-state index contributed by atoms with van der Waals surface area (Å²) < 4.78 is 21.4. The molecule has 0 saturated carbocycles. The van der Waals surface area contributed by atoms with Gasteiger partial charge in [0.1, 0.15) is 12.4 Å².